The van der Waals surface area contributed by atoms with Crippen molar-refractivity contribution in [3.05, 3.63) is 0 Å². The predicted octanol–water partition coefficient (Wildman–Crippen LogP) is 0.995. The Kier molecular flexibility index (Phi) is 8.36. The van der Waals surface area contributed by atoms with E-state index in [1.807, 2.05) is 0 Å². The summed E-state index contributed by atoms with van der Waals surface area (Å²) in [5.74, 6) is -5.16. The Labute approximate surface area is 239 Å². The lowest BCUT2D eigenvalue weighted by Gasteiger charge is -2.68. The molecule has 4 aliphatic carbocycles. The summed E-state index contributed by atoms with van der Waals surface area (Å²) in [5, 5.41) is 34.7. The molecule has 0 aromatic heterocycles. The van der Waals surface area contributed by atoms with Gasteiger partial charge in [-0.05, 0) is 38.0 Å². The lowest BCUT2D eigenvalue weighted by Crippen LogP contribution is -2.76. The predicted molar refractivity (Wildman–Crippen MR) is 139 cm³/mol. The lowest BCUT2D eigenvalue weighted by atomic mass is 9.40. The summed E-state index contributed by atoms with van der Waals surface area (Å²) in [7, 11) is 0. The number of carbonyl (C=O) groups is 5. The van der Waals surface area contributed by atoms with Crippen LogP contribution in [0.3, 0.4) is 0 Å². The normalized spacial score (nSPS) is 43.0. The minimum Gasteiger partial charge on any atom is -0.465 e. The van der Waals surface area contributed by atoms with Crippen molar-refractivity contribution >= 4 is 29.7 Å². The van der Waals surface area contributed by atoms with E-state index in [1.165, 1.54) is 27.7 Å². The van der Waals surface area contributed by atoms with E-state index in [0.717, 1.165) is 0 Å². The Morgan fingerprint density at radius 1 is 0.829 bits per heavy atom. The zero-order valence-corrected chi connectivity index (χ0v) is 24.3. The molecule has 12 heteroatoms. The first-order valence-electron chi connectivity index (χ1n) is 14.3. The molecule has 12 nitrogen and oxygen atoms in total. The van der Waals surface area contributed by atoms with E-state index >= 15 is 0 Å². The van der Waals surface area contributed by atoms with Gasteiger partial charge in [0, 0.05) is 57.8 Å². The maximum atomic E-state index is 12.9. The highest BCUT2D eigenvalue weighted by Crippen LogP contribution is 2.71. The second-order valence-corrected chi connectivity index (χ2v) is 12.7. The second-order valence-electron chi connectivity index (χ2n) is 12.7. The maximum Gasteiger partial charge on any atom is 0.302 e. The fraction of sp³-hybridized carbons (Fsp3) is 0.828. The number of esters is 4. The third-order valence-electron chi connectivity index (χ3n) is 10.6. The molecule has 41 heavy (non-hydrogen) atoms. The lowest BCUT2D eigenvalue weighted by molar-refractivity contribution is -0.320. The molecule has 0 spiro atoms. The van der Waals surface area contributed by atoms with Gasteiger partial charge in [-0.25, -0.2) is 0 Å². The number of ether oxygens (including phenoxy) is 4. The van der Waals surface area contributed by atoms with Crippen LogP contribution in [-0.4, -0.2) is 87.7 Å². The molecular formula is C29H42O12. The minimum absolute atomic E-state index is 0.0138. The number of hydrogen-bond acceptors (Lipinski definition) is 12. The highest BCUT2D eigenvalue weighted by molar-refractivity contribution is 5.83. The molecule has 4 fully saturated rings. The average molecular weight is 583 g/mol. The van der Waals surface area contributed by atoms with Crippen molar-refractivity contribution in [1.82, 2.24) is 0 Å². The van der Waals surface area contributed by atoms with Gasteiger partial charge in [0.15, 0.2) is 5.78 Å². The van der Waals surface area contributed by atoms with Gasteiger partial charge in [-0.3, -0.25) is 24.0 Å². The highest BCUT2D eigenvalue weighted by atomic mass is 16.6. The van der Waals surface area contributed by atoms with Gasteiger partial charge in [0.1, 0.15) is 31.5 Å². The van der Waals surface area contributed by atoms with Crippen LogP contribution in [0.15, 0.2) is 0 Å². The summed E-state index contributed by atoms with van der Waals surface area (Å²) in [6.07, 6.45) is -2.12. The van der Waals surface area contributed by atoms with Gasteiger partial charge in [-0.1, -0.05) is 6.92 Å². The second kappa shape index (κ2) is 10.9. The molecule has 0 aliphatic heterocycles. The van der Waals surface area contributed by atoms with Crippen LogP contribution >= 0.6 is 0 Å². The van der Waals surface area contributed by atoms with E-state index in [9.17, 15) is 39.3 Å². The van der Waals surface area contributed by atoms with Gasteiger partial charge in [0.05, 0.1) is 16.6 Å². The number of fused-ring (bicyclic) bond motifs is 5. The first-order chi connectivity index (χ1) is 19.0. The van der Waals surface area contributed by atoms with E-state index in [-0.39, 0.29) is 38.5 Å². The number of aliphatic hydroxyl groups excluding tert-OH is 1. The van der Waals surface area contributed by atoms with Crippen LogP contribution in [-0.2, 0) is 42.9 Å². The van der Waals surface area contributed by atoms with Crippen LogP contribution in [0, 0.1) is 28.6 Å². The van der Waals surface area contributed by atoms with E-state index in [2.05, 4.69) is 0 Å². The number of carbonyl (C=O) groups excluding carboxylic acids is 5. The summed E-state index contributed by atoms with van der Waals surface area (Å²) in [6.45, 7) is 5.55. The maximum absolute atomic E-state index is 12.9. The molecule has 0 aromatic carbocycles. The van der Waals surface area contributed by atoms with Crippen molar-refractivity contribution in [2.75, 3.05) is 13.2 Å². The largest absolute Gasteiger partial charge is 0.465 e. The summed E-state index contributed by atoms with van der Waals surface area (Å²) < 4.78 is 22.8. The Hall–Kier alpha value is -2.57. The summed E-state index contributed by atoms with van der Waals surface area (Å²) in [6, 6.07) is 0. The van der Waals surface area contributed by atoms with E-state index < -0.39 is 101 Å². The average Bonchev–Trinajstić information content (AvgIpc) is 3.11. The molecule has 10 atom stereocenters. The van der Waals surface area contributed by atoms with Crippen molar-refractivity contribution in [3.63, 3.8) is 0 Å². The Bertz CT molecular complexity index is 1110. The molecule has 4 saturated carbocycles. The van der Waals surface area contributed by atoms with Crippen LogP contribution in [0.4, 0.5) is 0 Å². The van der Waals surface area contributed by atoms with Crippen molar-refractivity contribution < 1.29 is 58.2 Å². The SMILES string of the molecule is CC(=O)OC[C@]12[C@H]3[C@H](OC(C)=O)C[C@]4(C)[C@H](C(=O)CO)CC[C@@]4(O)[C@H]3CC[C@]1(O)C[C@H](OC(C)=O)C[C@@H]2OC(C)=O. The quantitative estimate of drug-likeness (QED) is 0.286. The van der Waals surface area contributed by atoms with Gasteiger partial charge in [-0.2, -0.15) is 0 Å². The third-order valence-corrected chi connectivity index (χ3v) is 10.6. The highest BCUT2D eigenvalue weighted by Gasteiger charge is 2.77. The summed E-state index contributed by atoms with van der Waals surface area (Å²) in [5.41, 5.74) is -5.82. The van der Waals surface area contributed by atoms with E-state index in [0.29, 0.717) is 6.42 Å². The smallest absolute Gasteiger partial charge is 0.302 e. The van der Waals surface area contributed by atoms with Crippen LogP contribution < -0.4 is 0 Å². The third kappa shape index (κ3) is 4.95. The van der Waals surface area contributed by atoms with Gasteiger partial charge < -0.3 is 34.3 Å². The molecule has 4 rings (SSSR count). The van der Waals surface area contributed by atoms with Crippen molar-refractivity contribution in [3.8, 4) is 0 Å². The fourth-order valence-corrected chi connectivity index (χ4v) is 9.24. The topological polar surface area (TPSA) is 183 Å². The zero-order valence-electron chi connectivity index (χ0n) is 24.3. The number of hydrogen-bond donors (Lipinski definition) is 3. The molecular weight excluding hydrogens is 540 g/mol. The zero-order chi connectivity index (χ0) is 30.5. The summed E-state index contributed by atoms with van der Waals surface area (Å²) >= 11 is 0. The Morgan fingerprint density at radius 3 is 2.02 bits per heavy atom. The molecule has 0 saturated heterocycles. The molecule has 0 bridgehead atoms. The molecule has 0 amide bonds. The van der Waals surface area contributed by atoms with Crippen molar-refractivity contribution in [1.29, 1.82) is 0 Å². The fourth-order valence-electron chi connectivity index (χ4n) is 9.24. The number of Topliss-reactive ketones (excluding diaryl/α,β-unsaturated/α-hetero) is 1. The van der Waals surface area contributed by atoms with Crippen LogP contribution in [0.2, 0.25) is 0 Å². The number of aliphatic hydroxyl groups is 3. The summed E-state index contributed by atoms with van der Waals surface area (Å²) in [4.78, 5) is 61.9. The Morgan fingerprint density at radius 2 is 1.46 bits per heavy atom. The standard InChI is InChI=1S/C29H42O12/c1-15(31)38-14-28-24(41-18(4)34)10-19(39-16(2)32)11-27(28,36)8-6-21-25(28)23(40-17(3)33)12-26(5)20(22(35)13-30)7-9-29(21,26)37/h19-21,23-25,30,36-37H,6-14H2,1-5H3/t19-,20+,21+,23-,24+,25-,26-,27+,28+,29-/m1/s1. The molecule has 4 aliphatic rings. The molecule has 0 aromatic rings. The van der Waals surface area contributed by atoms with Gasteiger partial charge in [-0.15, -0.1) is 0 Å². The molecule has 0 radical (unpaired) electrons. The molecule has 0 heterocycles. The first kappa shape index (κ1) is 31.4. The number of rotatable bonds is 7. The van der Waals surface area contributed by atoms with E-state index in [1.54, 1.807) is 6.92 Å². The molecule has 0 unspecified atom stereocenters. The van der Waals surface area contributed by atoms with E-state index in [4.69, 9.17) is 18.9 Å². The van der Waals surface area contributed by atoms with Crippen molar-refractivity contribution in [2.45, 2.75) is 109 Å². The number of ketones is 1. The van der Waals surface area contributed by atoms with Crippen LogP contribution in [0.5, 0.6) is 0 Å². The Balaban J connectivity index is 1.94. The molecule has 3 N–H and O–H groups in total. The van der Waals surface area contributed by atoms with Gasteiger partial charge >= 0.3 is 23.9 Å². The van der Waals surface area contributed by atoms with Crippen LogP contribution in [0.1, 0.15) is 79.6 Å². The van der Waals surface area contributed by atoms with Crippen molar-refractivity contribution in [2.24, 2.45) is 28.6 Å². The van der Waals surface area contributed by atoms with Crippen LogP contribution in [0.25, 0.3) is 0 Å². The minimum atomic E-state index is -1.72. The first-order valence-corrected chi connectivity index (χ1v) is 14.3. The van der Waals surface area contributed by atoms with Gasteiger partial charge in [0.2, 0.25) is 0 Å². The monoisotopic (exact) mass is 582 g/mol. The van der Waals surface area contributed by atoms with Gasteiger partial charge in [0.25, 0.3) is 0 Å². The molecule has 230 valence electrons.